The number of halogens is 1. The van der Waals surface area contributed by atoms with Crippen LogP contribution in [0.1, 0.15) is 27.2 Å². The van der Waals surface area contributed by atoms with Crippen LogP contribution in [-0.4, -0.2) is 11.1 Å². The molecular formula is C13H13BrN2O2. The van der Waals surface area contributed by atoms with Crippen LogP contribution in [0.2, 0.25) is 0 Å². The Hall–Kier alpha value is -1.62. The summed E-state index contributed by atoms with van der Waals surface area (Å²) in [6.07, 6.45) is 1.52. The van der Waals surface area contributed by atoms with E-state index in [9.17, 15) is 4.79 Å². The summed E-state index contributed by atoms with van der Waals surface area (Å²) in [5.74, 6) is -0.0423. The first-order valence-corrected chi connectivity index (χ1v) is 6.27. The summed E-state index contributed by atoms with van der Waals surface area (Å²) in [5.41, 5.74) is 3.60. The summed E-state index contributed by atoms with van der Waals surface area (Å²) < 4.78 is 5.96. The molecule has 1 heterocycles. The van der Waals surface area contributed by atoms with Crippen LogP contribution in [0.3, 0.4) is 0 Å². The van der Waals surface area contributed by atoms with Crippen molar-refractivity contribution < 1.29 is 9.32 Å². The highest BCUT2D eigenvalue weighted by molar-refractivity contribution is 9.10. The fraction of sp³-hybridized carbons (Fsp3) is 0.231. The summed E-state index contributed by atoms with van der Waals surface area (Å²) in [6, 6.07) is 3.81. The third-order valence-electron chi connectivity index (χ3n) is 2.65. The third-order valence-corrected chi connectivity index (χ3v) is 3.90. The van der Waals surface area contributed by atoms with Crippen LogP contribution in [0, 0.1) is 20.8 Å². The van der Waals surface area contributed by atoms with E-state index >= 15 is 0 Å². The smallest absolute Gasteiger partial charge is 0.294 e. The molecule has 18 heavy (non-hydrogen) atoms. The second kappa shape index (κ2) is 4.94. The Morgan fingerprint density at radius 3 is 2.33 bits per heavy atom. The van der Waals surface area contributed by atoms with Gasteiger partial charge in [-0.2, -0.15) is 0 Å². The fourth-order valence-corrected chi connectivity index (χ4v) is 1.94. The number of hydrogen-bond acceptors (Lipinski definition) is 3. The molecule has 0 aliphatic heterocycles. The van der Waals surface area contributed by atoms with Crippen molar-refractivity contribution in [3.63, 3.8) is 0 Å². The van der Waals surface area contributed by atoms with E-state index in [0.29, 0.717) is 0 Å². The highest BCUT2D eigenvalue weighted by atomic mass is 79.9. The van der Waals surface area contributed by atoms with Crippen LogP contribution in [-0.2, 0) is 0 Å². The molecule has 0 saturated carbocycles. The molecule has 94 valence electrons. The number of carbonyl (C=O) groups is 1. The van der Waals surface area contributed by atoms with Crippen molar-refractivity contribution in [3.05, 3.63) is 45.3 Å². The van der Waals surface area contributed by atoms with Gasteiger partial charge in [-0.1, -0.05) is 21.1 Å². The molecule has 0 radical (unpaired) electrons. The lowest BCUT2D eigenvalue weighted by atomic mass is 10.1. The summed E-state index contributed by atoms with van der Waals surface area (Å²) >= 11 is 3.49. The Morgan fingerprint density at radius 2 is 1.83 bits per heavy atom. The monoisotopic (exact) mass is 308 g/mol. The van der Waals surface area contributed by atoms with Crippen LogP contribution in [0.25, 0.3) is 0 Å². The molecule has 0 spiro atoms. The van der Waals surface area contributed by atoms with Gasteiger partial charge in [0.2, 0.25) is 5.76 Å². The van der Waals surface area contributed by atoms with E-state index in [2.05, 4.69) is 26.4 Å². The van der Waals surface area contributed by atoms with E-state index < -0.39 is 0 Å². The van der Waals surface area contributed by atoms with E-state index in [4.69, 9.17) is 4.52 Å². The second-order valence-electron chi connectivity index (χ2n) is 4.22. The maximum absolute atomic E-state index is 11.9. The number of aromatic nitrogens is 1. The number of hydrogen-bond donors (Lipinski definition) is 1. The maximum Gasteiger partial charge on any atom is 0.294 e. The Labute approximate surface area is 113 Å². The van der Waals surface area contributed by atoms with Gasteiger partial charge in [0.1, 0.15) is 0 Å². The van der Waals surface area contributed by atoms with Crippen molar-refractivity contribution in [2.24, 2.45) is 0 Å². The molecule has 1 aromatic carbocycles. The van der Waals surface area contributed by atoms with Gasteiger partial charge in [-0.05, 0) is 44.0 Å². The third kappa shape index (κ3) is 2.46. The zero-order valence-corrected chi connectivity index (χ0v) is 12.0. The number of benzene rings is 1. The molecule has 0 bridgehead atoms. The maximum atomic E-state index is 11.9. The number of rotatable bonds is 2. The standard InChI is InChI=1S/C13H13BrN2O2/c1-7-4-10(5-8(2)11(7)14)16-13(17)12-9(3)6-15-18-12/h4-6H,1-3H3,(H,16,17). The minimum Gasteiger partial charge on any atom is -0.351 e. The SMILES string of the molecule is Cc1cnoc1C(=O)Nc1cc(C)c(Br)c(C)c1. The Bertz CT molecular complexity index is 582. The van der Waals surface area contributed by atoms with E-state index in [0.717, 1.165) is 26.9 Å². The minimum atomic E-state index is -0.286. The van der Waals surface area contributed by atoms with Gasteiger partial charge < -0.3 is 9.84 Å². The van der Waals surface area contributed by atoms with Gasteiger partial charge in [0, 0.05) is 15.7 Å². The van der Waals surface area contributed by atoms with Gasteiger partial charge in [0.15, 0.2) is 0 Å². The lowest BCUT2D eigenvalue weighted by Crippen LogP contribution is -2.12. The van der Waals surface area contributed by atoms with Crippen molar-refractivity contribution in [1.82, 2.24) is 5.16 Å². The molecule has 5 heteroatoms. The molecule has 0 aliphatic rings. The van der Waals surface area contributed by atoms with Crippen LogP contribution < -0.4 is 5.32 Å². The number of nitrogens with one attached hydrogen (secondary N) is 1. The first-order chi connectivity index (χ1) is 8.49. The van der Waals surface area contributed by atoms with Crippen molar-refractivity contribution >= 4 is 27.5 Å². The summed E-state index contributed by atoms with van der Waals surface area (Å²) in [4.78, 5) is 11.9. The molecular weight excluding hydrogens is 296 g/mol. The number of carbonyl (C=O) groups excluding carboxylic acids is 1. The first kappa shape index (κ1) is 12.8. The molecule has 1 aromatic heterocycles. The molecule has 0 saturated heterocycles. The molecule has 1 amide bonds. The molecule has 0 unspecified atom stereocenters. The summed E-state index contributed by atoms with van der Waals surface area (Å²) in [5, 5.41) is 6.39. The topological polar surface area (TPSA) is 55.1 Å². The molecule has 2 aromatic rings. The lowest BCUT2D eigenvalue weighted by Gasteiger charge is -2.08. The number of aryl methyl sites for hydroxylation is 3. The van der Waals surface area contributed by atoms with Gasteiger partial charge in [0.25, 0.3) is 5.91 Å². The largest absolute Gasteiger partial charge is 0.351 e. The van der Waals surface area contributed by atoms with Crippen molar-refractivity contribution in [1.29, 1.82) is 0 Å². The van der Waals surface area contributed by atoms with Crippen LogP contribution in [0.4, 0.5) is 5.69 Å². The van der Waals surface area contributed by atoms with Crippen LogP contribution in [0.15, 0.2) is 27.3 Å². The Kier molecular flexibility index (Phi) is 3.52. The van der Waals surface area contributed by atoms with Gasteiger partial charge >= 0.3 is 0 Å². The van der Waals surface area contributed by atoms with Gasteiger partial charge in [0.05, 0.1) is 6.20 Å². The molecule has 0 aliphatic carbocycles. The molecule has 4 nitrogen and oxygen atoms in total. The van der Waals surface area contributed by atoms with E-state index in [1.54, 1.807) is 6.92 Å². The van der Waals surface area contributed by atoms with E-state index in [1.165, 1.54) is 6.20 Å². The zero-order chi connectivity index (χ0) is 13.3. The number of anilines is 1. The quantitative estimate of drug-likeness (QED) is 0.922. The van der Waals surface area contributed by atoms with Crippen molar-refractivity contribution in [2.45, 2.75) is 20.8 Å². The van der Waals surface area contributed by atoms with Gasteiger partial charge in [-0.25, -0.2) is 0 Å². The summed E-state index contributed by atoms with van der Waals surface area (Å²) in [6.45, 7) is 5.74. The van der Waals surface area contributed by atoms with E-state index in [-0.39, 0.29) is 11.7 Å². The average Bonchev–Trinajstić information content (AvgIpc) is 2.72. The number of nitrogens with zero attached hydrogens (tertiary/aromatic N) is 1. The molecule has 0 fully saturated rings. The Morgan fingerprint density at radius 1 is 1.22 bits per heavy atom. The molecule has 1 N–H and O–H groups in total. The molecule has 2 rings (SSSR count). The van der Waals surface area contributed by atoms with Crippen molar-refractivity contribution in [3.8, 4) is 0 Å². The normalized spacial score (nSPS) is 10.4. The predicted octanol–water partition coefficient (Wildman–Crippen LogP) is 3.61. The summed E-state index contributed by atoms with van der Waals surface area (Å²) in [7, 11) is 0. The fourth-order valence-electron chi connectivity index (χ4n) is 1.72. The van der Waals surface area contributed by atoms with Crippen LogP contribution in [0.5, 0.6) is 0 Å². The van der Waals surface area contributed by atoms with Gasteiger partial charge in [-0.3, -0.25) is 4.79 Å². The van der Waals surface area contributed by atoms with Crippen molar-refractivity contribution in [2.75, 3.05) is 5.32 Å². The van der Waals surface area contributed by atoms with E-state index in [1.807, 2.05) is 26.0 Å². The average molecular weight is 309 g/mol. The molecule has 0 atom stereocenters. The highest BCUT2D eigenvalue weighted by Crippen LogP contribution is 2.25. The zero-order valence-electron chi connectivity index (χ0n) is 10.4. The minimum absolute atomic E-state index is 0.244. The lowest BCUT2D eigenvalue weighted by molar-refractivity contribution is 0.0987. The van der Waals surface area contributed by atoms with Gasteiger partial charge in [-0.15, -0.1) is 0 Å². The van der Waals surface area contributed by atoms with Crippen LogP contribution >= 0.6 is 15.9 Å². The predicted molar refractivity (Wildman–Crippen MR) is 72.8 cm³/mol. The Balaban J connectivity index is 2.25. The second-order valence-corrected chi connectivity index (χ2v) is 5.01. The first-order valence-electron chi connectivity index (χ1n) is 5.48. The highest BCUT2D eigenvalue weighted by Gasteiger charge is 2.14. The number of amides is 1.